The zero-order valence-corrected chi connectivity index (χ0v) is 10.7. The minimum absolute atomic E-state index is 0.0628. The number of halogens is 1. The topological polar surface area (TPSA) is 33.2 Å². The number of benzene rings is 1. The number of nitrogens with zero attached hydrogens (tertiary/aromatic N) is 2. The van der Waals surface area contributed by atoms with E-state index < -0.39 is 5.82 Å². The summed E-state index contributed by atoms with van der Waals surface area (Å²) in [5, 5.41) is 0. The highest BCUT2D eigenvalue weighted by Gasteiger charge is 2.17. The normalized spacial score (nSPS) is 10.2. The molecule has 2 rings (SSSR count). The van der Waals surface area contributed by atoms with Crippen LogP contribution in [0, 0.1) is 5.82 Å². The van der Waals surface area contributed by atoms with Crippen molar-refractivity contribution in [2.45, 2.75) is 13.5 Å². The molecule has 1 aromatic heterocycles. The quantitative estimate of drug-likeness (QED) is 0.844. The van der Waals surface area contributed by atoms with Crippen molar-refractivity contribution in [3.05, 3.63) is 65.7 Å². The lowest BCUT2D eigenvalue weighted by Gasteiger charge is -2.21. The van der Waals surface area contributed by atoms with Crippen molar-refractivity contribution in [1.29, 1.82) is 0 Å². The van der Waals surface area contributed by atoms with Crippen LogP contribution in [0.4, 0.5) is 4.39 Å². The molecule has 0 spiro atoms. The van der Waals surface area contributed by atoms with Crippen LogP contribution >= 0.6 is 0 Å². The Morgan fingerprint density at radius 1 is 1.26 bits per heavy atom. The fourth-order valence-electron chi connectivity index (χ4n) is 1.85. The highest BCUT2D eigenvalue weighted by Crippen LogP contribution is 2.12. The lowest BCUT2D eigenvalue weighted by molar-refractivity contribution is 0.0747. The van der Waals surface area contributed by atoms with Crippen LogP contribution in [-0.4, -0.2) is 22.3 Å². The number of carbonyl (C=O) groups is 1. The van der Waals surface area contributed by atoms with E-state index in [1.54, 1.807) is 4.90 Å². The van der Waals surface area contributed by atoms with Crippen molar-refractivity contribution in [3.8, 4) is 0 Å². The van der Waals surface area contributed by atoms with Crippen molar-refractivity contribution >= 4 is 5.91 Å². The molecule has 4 heteroatoms. The third kappa shape index (κ3) is 3.16. The fraction of sp³-hybridized carbons (Fsp3) is 0.200. The number of hydrogen-bond acceptors (Lipinski definition) is 2. The average Bonchev–Trinajstić information content (AvgIpc) is 2.46. The van der Waals surface area contributed by atoms with Gasteiger partial charge in [-0.15, -0.1) is 0 Å². The molecule has 0 aliphatic heterocycles. The van der Waals surface area contributed by atoms with E-state index >= 15 is 0 Å². The smallest absolute Gasteiger partial charge is 0.257 e. The standard InChI is InChI=1S/C15H15FN2O/c1-2-18(11-12-6-4-3-5-7-12)15(19)13-8-9-17-10-14(13)16/h3-10H,2,11H2,1H3. The lowest BCUT2D eigenvalue weighted by atomic mass is 10.2. The van der Waals surface area contributed by atoms with Gasteiger partial charge < -0.3 is 4.90 Å². The zero-order valence-electron chi connectivity index (χ0n) is 10.7. The number of rotatable bonds is 4. The van der Waals surface area contributed by atoms with E-state index in [2.05, 4.69) is 4.98 Å². The first-order valence-corrected chi connectivity index (χ1v) is 6.15. The maximum absolute atomic E-state index is 13.6. The third-order valence-corrected chi connectivity index (χ3v) is 2.89. The van der Waals surface area contributed by atoms with Crippen LogP contribution in [0.25, 0.3) is 0 Å². The molecule has 0 N–H and O–H groups in total. The number of hydrogen-bond donors (Lipinski definition) is 0. The number of pyridine rings is 1. The summed E-state index contributed by atoms with van der Waals surface area (Å²) in [5.74, 6) is -0.898. The molecule has 98 valence electrons. The van der Waals surface area contributed by atoms with Gasteiger partial charge in [0.05, 0.1) is 11.8 Å². The Hall–Kier alpha value is -2.23. The Labute approximate surface area is 111 Å². The van der Waals surface area contributed by atoms with Gasteiger partial charge in [-0.25, -0.2) is 4.39 Å². The highest BCUT2D eigenvalue weighted by molar-refractivity contribution is 5.94. The highest BCUT2D eigenvalue weighted by atomic mass is 19.1. The first-order chi connectivity index (χ1) is 9.22. The van der Waals surface area contributed by atoms with Crippen LogP contribution in [0.15, 0.2) is 48.8 Å². The van der Waals surface area contributed by atoms with Gasteiger partial charge in [-0.1, -0.05) is 30.3 Å². The molecule has 0 radical (unpaired) electrons. The molecule has 2 aromatic rings. The Morgan fingerprint density at radius 2 is 2.00 bits per heavy atom. The number of aromatic nitrogens is 1. The maximum Gasteiger partial charge on any atom is 0.257 e. The Kier molecular flexibility index (Phi) is 4.23. The second kappa shape index (κ2) is 6.09. The van der Waals surface area contributed by atoms with Gasteiger partial charge in [-0.05, 0) is 18.6 Å². The Balaban J connectivity index is 2.18. The molecule has 1 amide bonds. The van der Waals surface area contributed by atoms with Crippen molar-refractivity contribution in [1.82, 2.24) is 9.88 Å². The lowest BCUT2D eigenvalue weighted by Crippen LogP contribution is -2.31. The van der Waals surface area contributed by atoms with Crippen LogP contribution < -0.4 is 0 Å². The largest absolute Gasteiger partial charge is 0.335 e. The van der Waals surface area contributed by atoms with Gasteiger partial charge in [-0.2, -0.15) is 0 Å². The van der Waals surface area contributed by atoms with Gasteiger partial charge in [0.1, 0.15) is 0 Å². The molecule has 0 aliphatic carbocycles. The molecule has 0 bridgehead atoms. The molecule has 19 heavy (non-hydrogen) atoms. The van der Waals surface area contributed by atoms with Crippen LogP contribution in [0.5, 0.6) is 0 Å². The number of carbonyl (C=O) groups excluding carboxylic acids is 1. The monoisotopic (exact) mass is 258 g/mol. The van der Waals surface area contributed by atoms with Gasteiger partial charge >= 0.3 is 0 Å². The summed E-state index contributed by atoms with van der Waals surface area (Å²) in [5.41, 5.74) is 1.08. The summed E-state index contributed by atoms with van der Waals surface area (Å²) >= 11 is 0. The summed E-state index contributed by atoms with van der Waals surface area (Å²) < 4.78 is 13.6. The van der Waals surface area contributed by atoms with Crippen molar-refractivity contribution in [3.63, 3.8) is 0 Å². The van der Waals surface area contributed by atoms with Gasteiger partial charge in [0.25, 0.3) is 5.91 Å². The molecule has 0 saturated carbocycles. The second-order valence-corrected chi connectivity index (χ2v) is 4.16. The van der Waals surface area contributed by atoms with Gasteiger partial charge in [0, 0.05) is 19.3 Å². The summed E-state index contributed by atoms with van der Waals surface area (Å²) in [6.07, 6.45) is 2.48. The van der Waals surface area contributed by atoms with E-state index in [0.717, 1.165) is 11.8 Å². The predicted octanol–water partition coefficient (Wildman–Crippen LogP) is 2.88. The van der Waals surface area contributed by atoms with E-state index in [0.29, 0.717) is 13.1 Å². The number of amides is 1. The fourth-order valence-corrected chi connectivity index (χ4v) is 1.85. The van der Waals surface area contributed by atoms with E-state index in [1.807, 2.05) is 37.3 Å². The molecule has 0 saturated heterocycles. The molecule has 0 unspecified atom stereocenters. The molecule has 0 atom stereocenters. The Bertz CT molecular complexity index is 557. The van der Waals surface area contributed by atoms with Crippen LogP contribution in [0.3, 0.4) is 0 Å². The summed E-state index contributed by atoms with van der Waals surface area (Å²) in [6, 6.07) is 11.1. The summed E-state index contributed by atoms with van der Waals surface area (Å²) in [7, 11) is 0. The van der Waals surface area contributed by atoms with Crippen LogP contribution in [0.2, 0.25) is 0 Å². The van der Waals surface area contributed by atoms with Crippen molar-refractivity contribution in [2.24, 2.45) is 0 Å². The predicted molar refractivity (Wildman–Crippen MR) is 71.1 cm³/mol. The summed E-state index contributed by atoms with van der Waals surface area (Å²) in [4.78, 5) is 17.5. The molecule has 0 aliphatic rings. The zero-order chi connectivity index (χ0) is 13.7. The van der Waals surface area contributed by atoms with E-state index in [9.17, 15) is 9.18 Å². The van der Waals surface area contributed by atoms with Crippen molar-refractivity contribution < 1.29 is 9.18 Å². The SMILES string of the molecule is CCN(Cc1ccccc1)C(=O)c1ccncc1F. The third-order valence-electron chi connectivity index (χ3n) is 2.89. The van der Waals surface area contributed by atoms with Crippen LogP contribution in [0.1, 0.15) is 22.8 Å². The van der Waals surface area contributed by atoms with Gasteiger partial charge in [0.15, 0.2) is 5.82 Å². The average molecular weight is 258 g/mol. The van der Waals surface area contributed by atoms with E-state index in [-0.39, 0.29) is 11.5 Å². The van der Waals surface area contributed by atoms with Gasteiger partial charge in [0.2, 0.25) is 0 Å². The minimum atomic E-state index is -0.584. The van der Waals surface area contributed by atoms with E-state index in [1.165, 1.54) is 12.3 Å². The maximum atomic E-state index is 13.6. The van der Waals surface area contributed by atoms with Gasteiger partial charge in [-0.3, -0.25) is 9.78 Å². The minimum Gasteiger partial charge on any atom is -0.335 e. The van der Waals surface area contributed by atoms with Crippen LogP contribution in [-0.2, 0) is 6.54 Å². The molecular weight excluding hydrogens is 243 g/mol. The first-order valence-electron chi connectivity index (χ1n) is 6.15. The second-order valence-electron chi connectivity index (χ2n) is 4.16. The summed E-state index contributed by atoms with van der Waals surface area (Å²) in [6.45, 7) is 2.87. The van der Waals surface area contributed by atoms with E-state index in [4.69, 9.17) is 0 Å². The molecule has 1 heterocycles. The molecule has 1 aromatic carbocycles. The van der Waals surface area contributed by atoms with Crippen molar-refractivity contribution in [2.75, 3.05) is 6.54 Å². The molecular formula is C15H15FN2O. The molecule has 0 fully saturated rings. The Morgan fingerprint density at radius 3 is 2.63 bits per heavy atom. The first kappa shape index (κ1) is 13.2. The molecule has 3 nitrogen and oxygen atoms in total.